The van der Waals surface area contributed by atoms with E-state index in [2.05, 4.69) is 42.4 Å². The van der Waals surface area contributed by atoms with Crippen molar-refractivity contribution in [2.75, 3.05) is 26.7 Å². The van der Waals surface area contributed by atoms with Crippen molar-refractivity contribution >= 4 is 17.4 Å². The van der Waals surface area contributed by atoms with Crippen molar-refractivity contribution in [3.8, 4) is 0 Å². The van der Waals surface area contributed by atoms with Gasteiger partial charge in [0.05, 0.1) is 6.04 Å². The highest BCUT2D eigenvalue weighted by Crippen LogP contribution is 2.21. The first-order valence-electron chi connectivity index (χ1n) is 10.4. The second kappa shape index (κ2) is 10.2. The Morgan fingerprint density at radius 3 is 2.64 bits per heavy atom. The predicted octanol–water partition coefficient (Wildman–Crippen LogP) is 4.55. The van der Waals surface area contributed by atoms with Crippen molar-refractivity contribution in [2.24, 2.45) is 0 Å². The fourth-order valence-electron chi connectivity index (χ4n) is 4.00. The molecule has 0 amide bonds. The summed E-state index contributed by atoms with van der Waals surface area (Å²) in [5.41, 5.74) is 4.69. The molecule has 0 saturated heterocycles. The third kappa shape index (κ3) is 5.22. The van der Waals surface area contributed by atoms with Crippen molar-refractivity contribution in [1.29, 1.82) is 0 Å². The number of ketones is 1. The second-order valence-electron chi connectivity index (χ2n) is 7.72. The van der Waals surface area contributed by atoms with Crippen LogP contribution in [0.25, 0.3) is 0 Å². The van der Waals surface area contributed by atoms with Crippen LogP contribution in [0, 0.1) is 0 Å². The smallest absolute Gasteiger partial charge is 0.179 e. The molecule has 1 N–H and O–H groups in total. The zero-order valence-electron chi connectivity index (χ0n) is 17.0. The van der Waals surface area contributed by atoms with Gasteiger partial charge in [-0.15, -0.1) is 0 Å². The molecule has 28 heavy (non-hydrogen) atoms. The second-order valence-corrected chi connectivity index (χ2v) is 8.13. The lowest BCUT2D eigenvalue weighted by Gasteiger charge is -2.27. The molecule has 0 aromatic heterocycles. The van der Waals surface area contributed by atoms with Gasteiger partial charge in [-0.1, -0.05) is 55.3 Å². The van der Waals surface area contributed by atoms with Crippen LogP contribution in [0.3, 0.4) is 0 Å². The molecule has 1 atom stereocenters. The highest BCUT2D eigenvalue weighted by atomic mass is 35.5. The summed E-state index contributed by atoms with van der Waals surface area (Å²) in [6, 6.07) is 14.2. The van der Waals surface area contributed by atoms with Gasteiger partial charge in [0.25, 0.3) is 0 Å². The molecule has 3 rings (SSSR count). The van der Waals surface area contributed by atoms with E-state index in [0.717, 1.165) is 67.9 Å². The molecule has 0 spiro atoms. The van der Waals surface area contributed by atoms with E-state index in [-0.39, 0.29) is 11.8 Å². The molecular formula is C24H31ClN2O. The lowest BCUT2D eigenvalue weighted by Crippen LogP contribution is -2.39. The number of fused-ring (bicyclic) bond motifs is 1. The number of rotatable bonds is 8. The average molecular weight is 399 g/mol. The fraction of sp³-hybridized carbons (Fsp3) is 0.458. The normalized spacial score (nSPS) is 15.1. The molecule has 0 aliphatic carbocycles. The predicted molar refractivity (Wildman–Crippen MR) is 118 cm³/mol. The number of hydrogen-bond donors (Lipinski definition) is 1. The molecule has 0 saturated carbocycles. The zero-order valence-corrected chi connectivity index (χ0v) is 17.8. The van der Waals surface area contributed by atoms with Crippen LogP contribution in [0.15, 0.2) is 42.5 Å². The van der Waals surface area contributed by atoms with Gasteiger partial charge in [0.2, 0.25) is 0 Å². The highest BCUT2D eigenvalue weighted by molar-refractivity contribution is 6.31. The molecule has 0 fully saturated rings. The van der Waals surface area contributed by atoms with E-state index in [0.29, 0.717) is 0 Å². The molecule has 3 nitrogen and oxygen atoms in total. The first-order chi connectivity index (χ1) is 13.6. The Bertz CT molecular complexity index is 805. The van der Waals surface area contributed by atoms with Crippen molar-refractivity contribution in [3.05, 3.63) is 69.7 Å². The number of hydrogen-bond acceptors (Lipinski definition) is 3. The van der Waals surface area contributed by atoms with Crippen LogP contribution in [-0.4, -0.2) is 43.4 Å². The summed E-state index contributed by atoms with van der Waals surface area (Å²) in [6.45, 7) is 4.96. The highest BCUT2D eigenvalue weighted by Gasteiger charge is 2.24. The molecule has 0 bridgehead atoms. The van der Waals surface area contributed by atoms with Crippen LogP contribution < -0.4 is 5.32 Å². The van der Waals surface area contributed by atoms with Crippen molar-refractivity contribution in [1.82, 2.24) is 10.2 Å². The molecule has 1 unspecified atom stereocenters. The minimum atomic E-state index is -0.0885. The summed E-state index contributed by atoms with van der Waals surface area (Å²) >= 11 is 6.30. The molecule has 2 aromatic carbocycles. The van der Waals surface area contributed by atoms with Crippen LogP contribution in [0.1, 0.15) is 46.8 Å². The van der Waals surface area contributed by atoms with Gasteiger partial charge in [0, 0.05) is 17.1 Å². The van der Waals surface area contributed by atoms with Crippen LogP contribution in [-0.2, 0) is 19.3 Å². The van der Waals surface area contributed by atoms with Gasteiger partial charge < -0.3 is 5.32 Å². The van der Waals surface area contributed by atoms with E-state index in [4.69, 9.17) is 11.6 Å². The third-order valence-electron chi connectivity index (χ3n) is 5.72. The molecule has 150 valence electrons. The first-order valence-corrected chi connectivity index (χ1v) is 10.8. The van der Waals surface area contributed by atoms with Gasteiger partial charge >= 0.3 is 0 Å². The van der Waals surface area contributed by atoms with E-state index in [1.807, 2.05) is 24.3 Å². The van der Waals surface area contributed by atoms with Gasteiger partial charge in [0.1, 0.15) is 0 Å². The molecular weight excluding hydrogens is 368 g/mol. The maximum absolute atomic E-state index is 13.3. The number of carbonyl (C=O) groups is 1. The third-order valence-corrected chi connectivity index (χ3v) is 6.09. The van der Waals surface area contributed by atoms with Crippen molar-refractivity contribution < 1.29 is 4.79 Å². The molecule has 1 aliphatic rings. The Balaban J connectivity index is 1.72. The molecule has 2 aromatic rings. The molecule has 1 aliphatic heterocycles. The SMILES string of the molecule is CCCC(C(=O)c1ccc2c(c1)CCNCC2)N(C)CCc1ccccc1Cl. The van der Waals surface area contributed by atoms with E-state index in [1.165, 1.54) is 11.1 Å². The van der Waals surface area contributed by atoms with Crippen LogP contribution >= 0.6 is 11.6 Å². The number of likely N-dealkylation sites (N-methyl/N-ethyl adjacent to an activating group) is 1. The van der Waals surface area contributed by atoms with Crippen LogP contribution in [0.4, 0.5) is 0 Å². The Labute approximate surface area is 174 Å². The van der Waals surface area contributed by atoms with Gasteiger partial charge in [-0.2, -0.15) is 0 Å². The standard InChI is InChI=1S/C24H31ClN2O/c1-3-6-23(27(2)16-13-19-7-4-5-8-22(19)25)24(28)21-10-9-18-11-14-26-15-12-20(18)17-21/h4-5,7-10,17,23,26H,3,6,11-16H2,1-2H3. The lowest BCUT2D eigenvalue weighted by atomic mass is 9.94. The van der Waals surface area contributed by atoms with Gasteiger partial charge in [0.15, 0.2) is 5.78 Å². The van der Waals surface area contributed by atoms with Gasteiger partial charge in [-0.3, -0.25) is 9.69 Å². The van der Waals surface area contributed by atoms with E-state index in [9.17, 15) is 4.79 Å². The summed E-state index contributed by atoms with van der Waals surface area (Å²) in [5, 5.41) is 4.24. The number of halogens is 1. The Hall–Kier alpha value is -1.68. The van der Waals surface area contributed by atoms with E-state index in [1.54, 1.807) is 0 Å². The van der Waals surface area contributed by atoms with E-state index < -0.39 is 0 Å². The average Bonchev–Trinajstić information content (AvgIpc) is 2.95. The number of carbonyl (C=O) groups excluding carboxylic acids is 1. The first kappa shape index (κ1) is 21.0. The van der Waals surface area contributed by atoms with E-state index >= 15 is 0 Å². The number of nitrogens with one attached hydrogen (secondary N) is 1. The maximum Gasteiger partial charge on any atom is 0.179 e. The molecule has 4 heteroatoms. The largest absolute Gasteiger partial charge is 0.316 e. The summed E-state index contributed by atoms with van der Waals surface area (Å²) in [7, 11) is 2.06. The van der Waals surface area contributed by atoms with Crippen LogP contribution in [0.2, 0.25) is 5.02 Å². The lowest BCUT2D eigenvalue weighted by molar-refractivity contribution is 0.0840. The van der Waals surface area contributed by atoms with Gasteiger partial charge in [-0.25, -0.2) is 0 Å². The quantitative estimate of drug-likeness (QED) is 0.662. The topological polar surface area (TPSA) is 32.3 Å². The maximum atomic E-state index is 13.3. The summed E-state index contributed by atoms with van der Waals surface area (Å²) < 4.78 is 0. The number of Topliss-reactive ketones (excluding diaryl/α,β-unsaturated/α-hetero) is 1. The number of nitrogens with zero attached hydrogens (tertiary/aromatic N) is 1. The Morgan fingerprint density at radius 1 is 1.14 bits per heavy atom. The minimum Gasteiger partial charge on any atom is -0.316 e. The Morgan fingerprint density at radius 2 is 1.89 bits per heavy atom. The molecule has 1 heterocycles. The molecule has 0 radical (unpaired) electrons. The van der Waals surface area contributed by atoms with Crippen molar-refractivity contribution in [3.63, 3.8) is 0 Å². The van der Waals surface area contributed by atoms with Crippen molar-refractivity contribution in [2.45, 2.75) is 45.1 Å². The van der Waals surface area contributed by atoms with Gasteiger partial charge in [-0.05, 0) is 74.6 Å². The minimum absolute atomic E-state index is 0.0885. The zero-order chi connectivity index (χ0) is 19.9. The monoisotopic (exact) mass is 398 g/mol. The van der Waals surface area contributed by atoms with Crippen LogP contribution in [0.5, 0.6) is 0 Å². The summed E-state index contributed by atoms with van der Waals surface area (Å²) in [5.74, 6) is 0.239. The summed E-state index contributed by atoms with van der Waals surface area (Å²) in [6.07, 6.45) is 4.74. The Kier molecular flexibility index (Phi) is 7.66. The number of benzene rings is 2. The fourth-order valence-corrected chi connectivity index (χ4v) is 4.23. The summed E-state index contributed by atoms with van der Waals surface area (Å²) in [4.78, 5) is 15.5.